The quantitative estimate of drug-likeness (QED) is 0.852. The first kappa shape index (κ1) is 16.4. The lowest BCUT2D eigenvalue weighted by Gasteiger charge is -2.21. The van der Waals surface area contributed by atoms with Gasteiger partial charge in [0.15, 0.2) is 0 Å². The molecule has 1 aliphatic carbocycles. The van der Waals surface area contributed by atoms with Gasteiger partial charge in [-0.15, -0.1) is 0 Å². The Hall–Kier alpha value is -2.10. The molecule has 1 fully saturated rings. The van der Waals surface area contributed by atoms with Crippen molar-refractivity contribution in [2.24, 2.45) is 5.92 Å². The van der Waals surface area contributed by atoms with Gasteiger partial charge in [0.1, 0.15) is 5.82 Å². The molecule has 1 amide bonds. The smallest absolute Gasteiger partial charge is 0.224 e. The lowest BCUT2D eigenvalue weighted by Crippen LogP contribution is -2.14. The van der Waals surface area contributed by atoms with Gasteiger partial charge < -0.3 is 9.88 Å². The van der Waals surface area contributed by atoms with Crippen molar-refractivity contribution in [2.45, 2.75) is 64.3 Å². The fourth-order valence-electron chi connectivity index (χ4n) is 4.28. The van der Waals surface area contributed by atoms with E-state index in [0.717, 1.165) is 42.2 Å². The Kier molecular flexibility index (Phi) is 4.86. The van der Waals surface area contributed by atoms with E-state index in [4.69, 9.17) is 0 Å². The van der Waals surface area contributed by atoms with Crippen LogP contribution in [0.3, 0.4) is 0 Å². The predicted octanol–water partition coefficient (Wildman–Crippen LogP) is 4.80. The average molecular weight is 337 g/mol. The monoisotopic (exact) mass is 337 g/mol. The highest BCUT2D eigenvalue weighted by molar-refractivity contribution is 5.91. The van der Waals surface area contributed by atoms with Gasteiger partial charge in [0, 0.05) is 30.6 Å². The average Bonchev–Trinajstić information content (AvgIpc) is 3.25. The van der Waals surface area contributed by atoms with Crippen LogP contribution in [0.25, 0.3) is 11.3 Å². The van der Waals surface area contributed by atoms with Crippen LogP contribution in [-0.2, 0) is 17.8 Å². The highest BCUT2D eigenvalue weighted by Gasteiger charge is 2.17. The maximum Gasteiger partial charge on any atom is 0.224 e. The zero-order valence-corrected chi connectivity index (χ0v) is 14.8. The number of aromatic nitrogens is 2. The van der Waals surface area contributed by atoms with Gasteiger partial charge in [-0.3, -0.25) is 4.79 Å². The maximum absolute atomic E-state index is 12.3. The summed E-state index contributed by atoms with van der Waals surface area (Å²) in [5.74, 6) is 2.07. The largest absolute Gasteiger partial charge is 0.328 e. The lowest BCUT2D eigenvalue weighted by molar-refractivity contribution is -0.116. The van der Waals surface area contributed by atoms with Gasteiger partial charge in [0.05, 0.1) is 11.9 Å². The molecule has 132 valence electrons. The molecule has 0 radical (unpaired) electrons. The Morgan fingerprint density at radius 3 is 2.96 bits per heavy atom. The number of imidazole rings is 1. The van der Waals surface area contributed by atoms with Gasteiger partial charge in [0.25, 0.3) is 0 Å². The summed E-state index contributed by atoms with van der Waals surface area (Å²) < 4.78 is 2.30. The van der Waals surface area contributed by atoms with Gasteiger partial charge >= 0.3 is 0 Å². The molecule has 2 aliphatic rings. The SMILES string of the molecule is O=C(CCC1CCCCC1)Nc1cccc(-c2cnc3n2CCC3)c1. The van der Waals surface area contributed by atoms with E-state index < -0.39 is 0 Å². The number of fused-ring (bicyclic) bond motifs is 1. The zero-order valence-electron chi connectivity index (χ0n) is 14.8. The van der Waals surface area contributed by atoms with Gasteiger partial charge in [-0.05, 0) is 30.9 Å². The second-order valence-corrected chi connectivity index (χ2v) is 7.49. The zero-order chi connectivity index (χ0) is 17.1. The molecule has 1 aromatic heterocycles. The molecule has 4 rings (SSSR count). The first-order valence-electron chi connectivity index (χ1n) is 9.74. The molecule has 2 heterocycles. The number of aryl methyl sites for hydroxylation is 1. The third kappa shape index (κ3) is 3.78. The minimum absolute atomic E-state index is 0.140. The van der Waals surface area contributed by atoms with E-state index in [1.807, 2.05) is 18.3 Å². The highest BCUT2D eigenvalue weighted by atomic mass is 16.1. The summed E-state index contributed by atoms with van der Waals surface area (Å²) in [6.45, 7) is 1.04. The molecule has 2 aromatic rings. The molecule has 0 spiro atoms. The molecule has 0 unspecified atom stereocenters. The first-order chi connectivity index (χ1) is 12.3. The molecule has 25 heavy (non-hydrogen) atoms. The molecule has 4 heteroatoms. The minimum Gasteiger partial charge on any atom is -0.328 e. The van der Waals surface area contributed by atoms with Crippen molar-refractivity contribution in [2.75, 3.05) is 5.32 Å². The summed E-state index contributed by atoms with van der Waals surface area (Å²) >= 11 is 0. The summed E-state index contributed by atoms with van der Waals surface area (Å²) in [5, 5.41) is 3.08. The van der Waals surface area contributed by atoms with Crippen molar-refractivity contribution in [3.63, 3.8) is 0 Å². The Balaban J connectivity index is 1.38. The van der Waals surface area contributed by atoms with Gasteiger partial charge in [0.2, 0.25) is 5.91 Å². The molecule has 0 atom stereocenters. The second-order valence-electron chi connectivity index (χ2n) is 7.49. The van der Waals surface area contributed by atoms with Crippen LogP contribution in [0.15, 0.2) is 30.5 Å². The number of benzene rings is 1. The predicted molar refractivity (Wildman–Crippen MR) is 100 cm³/mol. The molecule has 1 aromatic carbocycles. The summed E-state index contributed by atoms with van der Waals surface area (Å²) in [6.07, 6.45) is 12.5. The van der Waals surface area contributed by atoms with E-state index in [1.165, 1.54) is 44.3 Å². The van der Waals surface area contributed by atoms with Crippen LogP contribution >= 0.6 is 0 Å². The Labute approximate surface area is 149 Å². The third-order valence-electron chi connectivity index (χ3n) is 5.67. The summed E-state index contributed by atoms with van der Waals surface area (Å²) in [5.41, 5.74) is 3.18. The van der Waals surface area contributed by atoms with Crippen LogP contribution in [0.5, 0.6) is 0 Å². The van der Waals surface area contributed by atoms with E-state index >= 15 is 0 Å². The van der Waals surface area contributed by atoms with Gasteiger partial charge in [-0.1, -0.05) is 44.2 Å². The van der Waals surface area contributed by atoms with Crippen LogP contribution in [0.2, 0.25) is 0 Å². The van der Waals surface area contributed by atoms with Crippen LogP contribution in [0.4, 0.5) is 5.69 Å². The van der Waals surface area contributed by atoms with Crippen molar-refractivity contribution < 1.29 is 4.79 Å². The van der Waals surface area contributed by atoms with E-state index in [1.54, 1.807) is 0 Å². The number of anilines is 1. The molecule has 1 N–H and O–H groups in total. The molecule has 1 aliphatic heterocycles. The summed E-state index contributed by atoms with van der Waals surface area (Å²) in [6, 6.07) is 8.16. The third-order valence-corrected chi connectivity index (χ3v) is 5.67. The standard InChI is InChI=1S/C21H27N3O/c25-21(12-11-16-6-2-1-3-7-16)23-18-9-4-8-17(14-18)19-15-22-20-10-5-13-24(19)20/h4,8-9,14-16H,1-3,5-7,10-13H2,(H,23,25). The Morgan fingerprint density at radius 1 is 1.20 bits per heavy atom. The second kappa shape index (κ2) is 7.42. The minimum atomic E-state index is 0.140. The van der Waals surface area contributed by atoms with E-state index in [2.05, 4.69) is 27.0 Å². The number of amides is 1. The molecular formula is C21H27N3O. The van der Waals surface area contributed by atoms with Crippen molar-refractivity contribution in [3.05, 3.63) is 36.3 Å². The van der Waals surface area contributed by atoms with Gasteiger partial charge in [-0.25, -0.2) is 4.98 Å². The number of nitrogens with zero attached hydrogens (tertiary/aromatic N) is 2. The van der Waals surface area contributed by atoms with Crippen LogP contribution < -0.4 is 5.32 Å². The molecule has 0 saturated heterocycles. The number of hydrogen-bond acceptors (Lipinski definition) is 2. The Morgan fingerprint density at radius 2 is 2.08 bits per heavy atom. The molecule has 4 nitrogen and oxygen atoms in total. The number of carbonyl (C=O) groups is 1. The van der Waals surface area contributed by atoms with Crippen molar-refractivity contribution in [1.29, 1.82) is 0 Å². The first-order valence-corrected chi connectivity index (χ1v) is 9.74. The summed E-state index contributed by atoms with van der Waals surface area (Å²) in [7, 11) is 0. The van der Waals surface area contributed by atoms with Crippen LogP contribution in [0.1, 0.15) is 57.2 Å². The van der Waals surface area contributed by atoms with E-state index in [-0.39, 0.29) is 5.91 Å². The number of rotatable bonds is 5. The molecule has 1 saturated carbocycles. The Bertz CT molecular complexity index is 743. The van der Waals surface area contributed by atoms with Crippen LogP contribution in [0, 0.1) is 5.92 Å². The molecule has 0 bridgehead atoms. The topological polar surface area (TPSA) is 46.9 Å². The fraction of sp³-hybridized carbons (Fsp3) is 0.524. The van der Waals surface area contributed by atoms with Crippen molar-refractivity contribution >= 4 is 11.6 Å². The van der Waals surface area contributed by atoms with Crippen molar-refractivity contribution in [1.82, 2.24) is 9.55 Å². The van der Waals surface area contributed by atoms with E-state index in [9.17, 15) is 4.79 Å². The number of hydrogen-bond donors (Lipinski definition) is 1. The normalized spacial score (nSPS) is 17.4. The van der Waals surface area contributed by atoms with Crippen LogP contribution in [-0.4, -0.2) is 15.5 Å². The maximum atomic E-state index is 12.3. The lowest BCUT2D eigenvalue weighted by atomic mass is 9.86. The van der Waals surface area contributed by atoms with Gasteiger partial charge in [-0.2, -0.15) is 0 Å². The number of nitrogens with one attached hydrogen (secondary N) is 1. The highest BCUT2D eigenvalue weighted by Crippen LogP contribution is 2.29. The number of carbonyl (C=O) groups excluding carboxylic acids is 1. The molecular weight excluding hydrogens is 310 g/mol. The summed E-state index contributed by atoms with van der Waals surface area (Å²) in [4.78, 5) is 16.8. The van der Waals surface area contributed by atoms with Crippen molar-refractivity contribution in [3.8, 4) is 11.3 Å². The van der Waals surface area contributed by atoms with E-state index in [0.29, 0.717) is 6.42 Å². The fourth-order valence-corrected chi connectivity index (χ4v) is 4.28.